The van der Waals surface area contributed by atoms with Crippen molar-refractivity contribution in [2.24, 2.45) is 4.99 Å². The molecule has 0 bridgehead atoms. The average Bonchev–Trinajstić information content (AvgIpc) is 2.47. The maximum absolute atomic E-state index is 13.9. The highest BCUT2D eigenvalue weighted by molar-refractivity contribution is 7.99. The SMILES string of the molecule is CN=C(NCc1ccc(N(C)C)c(F)c1)NCC(C)(C)SC. The van der Waals surface area contributed by atoms with E-state index in [1.54, 1.807) is 35.8 Å². The monoisotopic (exact) mass is 326 g/mol. The molecular formula is C16H27FN4S. The quantitative estimate of drug-likeness (QED) is 0.623. The van der Waals surface area contributed by atoms with Gasteiger partial charge in [-0.3, -0.25) is 4.99 Å². The van der Waals surface area contributed by atoms with Crippen molar-refractivity contribution < 1.29 is 4.39 Å². The number of guanidine groups is 1. The average molecular weight is 326 g/mol. The third-order valence-electron chi connectivity index (χ3n) is 3.41. The molecule has 124 valence electrons. The minimum Gasteiger partial charge on any atom is -0.375 e. The van der Waals surface area contributed by atoms with Crippen LogP contribution in [0.25, 0.3) is 0 Å². The van der Waals surface area contributed by atoms with Crippen LogP contribution in [0.1, 0.15) is 19.4 Å². The van der Waals surface area contributed by atoms with Crippen LogP contribution in [0.2, 0.25) is 0 Å². The van der Waals surface area contributed by atoms with E-state index in [2.05, 4.69) is 35.7 Å². The molecule has 0 aromatic heterocycles. The van der Waals surface area contributed by atoms with Gasteiger partial charge in [-0.05, 0) is 37.8 Å². The van der Waals surface area contributed by atoms with Gasteiger partial charge in [-0.2, -0.15) is 11.8 Å². The highest BCUT2D eigenvalue weighted by Crippen LogP contribution is 2.19. The first-order chi connectivity index (χ1) is 10.3. The lowest BCUT2D eigenvalue weighted by Crippen LogP contribution is -2.43. The molecule has 0 unspecified atom stereocenters. The lowest BCUT2D eigenvalue weighted by atomic mass is 10.2. The molecule has 0 aliphatic heterocycles. The summed E-state index contributed by atoms with van der Waals surface area (Å²) in [7, 11) is 5.39. The summed E-state index contributed by atoms with van der Waals surface area (Å²) in [5, 5.41) is 6.50. The van der Waals surface area contributed by atoms with E-state index >= 15 is 0 Å². The lowest BCUT2D eigenvalue weighted by molar-refractivity contribution is 0.622. The minimum absolute atomic E-state index is 0.136. The van der Waals surface area contributed by atoms with Gasteiger partial charge in [-0.15, -0.1) is 0 Å². The highest BCUT2D eigenvalue weighted by atomic mass is 32.2. The van der Waals surface area contributed by atoms with Crippen molar-refractivity contribution in [1.82, 2.24) is 10.6 Å². The zero-order chi connectivity index (χ0) is 16.8. The first-order valence-corrected chi connectivity index (χ1v) is 8.47. The molecule has 0 atom stereocenters. The van der Waals surface area contributed by atoms with Crippen LogP contribution in [-0.4, -0.2) is 44.7 Å². The van der Waals surface area contributed by atoms with Gasteiger partial charge in [0.05, 0.1) is 5.69 Å². The summed E-state index contributed by atoms with van der Waals surface area (Å²) >= 11 is 1.80. The Kier molecular flexibility index (Phi) is 7.00. The van der Waals surface area contributed by atoms with Crippen LogP contribution in [-0.2, 0) is 6.54 Å². The summed E-state index contributed by atoms with van der Waals surface area (Å²) in [5.74, 6) is 0.509. The number of nitrogens with one attached hydrogen (secondary N) is 2. The van der Waals surface area contributed by atoms with Crippen LogP contribution in [0.4, 0.5) is 10.1 Å². The molecule has 0 radical (unpaired) electrons. The summed E-state index contributed by atoms with van der Waals surface area (Å²) in [6.07, 6.45) is 2.09. The van der Waals surface area contributed by atoms with Gasteiger partial charge >= 0.3 is 0 Å². The number of anilines is 1. The standard InChI is InChI=1S/C16H27FN4S/c1-16(2,22-6)11-20-15(18-3)19-10-12-7-8-14(21(4)5)13(17)9-12/h7-9H,10-11H2,1-6H3,(H2,18,19,20). The van der Waals surface area contributed by atoms with Crippen molar-refractivity contribution in [3.8, 4) is 0 Å². The van der Waals surface area contributed by atoms with Crippen molar-refractivity contribution in [1.29, 1.82) is 0 Å². The fourth-order valence-electron chi connectivity index (χ4n) is 1.80. The van der Waals surface area contributed by atoms with E-state index in [1.165, 1.54) is 0 Å². The molecular weight excluding hydrogens is 299 g/mol. The van der Waals surface area contributed by atoms with Crippen LogP contribution in [0.15, 0.2) is 23.2 Å². The Hall–Kier alpha value is -1.43. The summed E-state index contributed by atoms with van der Waals surface area (Å²) in [6, 6.07) is 5.27. The van der Waals surface area contributed by atoms with E-state index in [1.807, 2.05) is 20.2 Å². The second kappa shape index (κ2) is 8.27. The van der Waals surface area contributed by atoms with E-state index in [4.69, 9.17) is 0 Å². The Bertz CT molecular complexity index is 515. The normalized spacial score (nSPS) is 12.2. The van der Waals surface area contributed by atoms with Crippen LogP contribution in [0.5, 0.6) is 0 Å². The maximum atomic E-state index is 13.9. The first kappa shape index (κ1) is 18.6. The molecule has 2 N–H and O–H groups in total. The largest absolute Gasteiger partial charge is 0.375 e. The molecule has 0 saturated heterocycles. The number of nitrogens with zero attached hydrogens (tertiary/aromatic N) is 2. The van der Waals surface area contributed by atoms with Crippen LogP contribution in [0.3, 0.4) is 0 Å². The number of benzene rings is 1. The lowest BCUT2D eigenvalue weighted by Gasteiger charge is -2.23. The van der Waals surface area contributed by atoms with E-state index < -0.39 is 0 Å². The second-order valence-corrected chi connectivity index (χ2v) is 7.44. The van der Waals surface area contributed by atoms with Gasteiger partial charge in [0.15, 0.2) is 5.96 Å². The molecule has 0 aliphatic carbocycles. The molecule has 6 heteroatoms. The van der Waals surface area contributed by atoms with Crippen LogP contribution in [0, 0.1) is 5.82 Å². The predicted molar refractivity (Wildman–Crippen MR) is 96.5 cm³/mol. The molecule has 0 aliphatic rings. The number of rotatable bonds is 6. The predicted octanol–water partition coefficient (Wildman–Crippen LogP) is 2.70. The van der Waals surface area contributed by atoms with Crippen molar-refractivity contribution in [2.75, 3.05) is 38.8 Å². The molecule has 22 heavy (non-hydrogen) atoms. The Balaban J connectivity index is 2.59. The topological polar surface area (TPSA) is 39.7 Å². The summed E-state index contributed by atoms with van der Waals surface area (Å²) in [6.45, 7) is 5.69. The summed E-state index contributed by atoms with van der Waals surface area (Å²) < 4.78 is 14.1. The summed E-state index contributed by atoms with van der Waals surface area (Å²) in [4.78, 5) is 5.95. The van der Waals surface area contributed by atoms with Gasteiger partial charge in [-0.25, -0.2) is 4.39 Å². The zero-order valence-electron chi connectivity index (χ0n) is 14.3. The van der Waals surface area contributed by atoms with E-state index in [-0.39, 0.29) is 10.6 Å². The van der Waals surface area contributed by atoms with E-state index in [0.717, 1.165) is 18.1 Å². The molecule has 0 fully saturated rings. The smallest absolute Gasteiger partial charge is 0.191 e. The van der Waals surface area contributed by atoms with Gasteiger partial charge < -0.3 is 15.5 Å². The van der Waals surface area contributed by atoms with Gasteiger partial charge in [0.2, 0.25) is 0 Å². The zero-order valence-corrected chi connectivity index (χ0v) is 15.1. The molecule has 0 heterocycles. The Morgan fingerprint density at radius 1 is 1.32 bits per heavy atom. The van der Waals surface area contributed by atoms with Crippen LogP contribution < -0.4 is 15.5 Å². The van der Waals surface area contributed by atoms with Gasteiger partial charge in [-0.1, -0.05) is 6.07 Å². The highest BCUT2D eigenvalue weighted by Gasteiger charge is 2.16. The van der Waals surface area contributed by atoms with E-state index in [9.17, 15) is 4.39 Å². The van der Waals surface area contributed by atoms with Gasteiger partial charge in [0.25, 0.3) is 0 Å². The molecule has 1 aromatic carbocycles. The van der Waals surface area contributed by atoms with Gasteiger partial charge in [0.1, 0.15) is 5.82 Å². The Morgan fingerprint density at radius 3 is 2.50 bits per heavy atom. The molecule has 0 saturated carbocycles. The van der Waals surface area contributed by atoms with Crippen molar-refractivity contribution in [2.45, 2.75) is 25.1 Å². The number of halogens is 1. The maximum Gasteiger partial charge on any atom is 0.191 e. The number of hydrogen-bond donors (Lipinski definition) is 2. The Labute approximate surface area is 137 Å². The van der Waals surface area contributed by atoms with Crippen LogP contribution >= 0.6 is 11.8 Å². The third-order valence-corrected chi connectivity index (χ3v) is 4.66. The molecule has 4 nitrogen and oxygen atoms in total. The number of hydrogen-bond acceptors (Lipinski definition) is 3. The molecule has 0 spiro atoms. The Morgan fingerprint density at radius 2 is 2.00 bits per heavy atom. The van der Waals surface area contributed by atoms with E-state index in [0.29, 0.717) is 12.2 Å². The first-order valence-electron chi connectivity index (χ1n) is 7.24. The third kappa shape index (κ3) is 5.75. The van der Waals surface area contributed by atoms with Gasteiger partial charge in [0, 0.05) is 39.0 Å². The van der Waals surface area contributed by atoms with Crippen molar-refractivity contribution >= 4 is 23.4 Å². The van der Waals surface area contributed by atoms with Crippen molar-refractivity contribution in [3.63, 3.8) is 0 Å². The number of thioether (sulfide) groups is 1. The second-order valence-electron chi connectivity index (χ2n) is 5.92. The minimum atomic E-state index is -0.212. The van der Waals surface area contributed by atoms with Crippen molar-refractivity contribution in [3.05, 3.63) is 29.6 Å². The molecule has 1 rings (SSSR count). The number of aliphatic imine (C=N–C) groups is 1. The molecule has 1 aromatic rings. The fourth-order valence-corrected chi connectivity index (χ4v) is 2.01. The summed E-state index contributed by atoms with van der Waals surface area (Å²) in [5.41, 5.74) is 1.48. The molecule has 0 amide bonds. The fraction of sp³-hybridized carbons (Fsp3) is 0.562.